The molecule has 0 aliphatic carbocycles. The monoisotopic (exact) mass is 609 g/mol. The third kappa shape index (κ3) is 9.55. The molecular formula is C29H35N7O8. The molecule has 2 aromatic carbocycles. The number of rotatable bonds is 16. The fourth-order valence-electron chi connectivity index (χ4n) is 4.49. The number of hydrogen-bond donors (Lipinski definition) is 9. The summed E-state index contributed by atoms with van der Waals surface area (Å²) >= 11 is 0. The van der Waals surface area contributed by atoms with Crippen LogP contribution in [0.2, 0.25) is 0 Å². The van der Waals surface area contributed by atoms with Crippen LogP contribution >= 0.6 is 0 Å². The summed E-state index contributed by atoms with van der Waals surface area (Å²) < 4.78 is 0. The van der Waals surface area contributed by atoms with Crippen molar-refractivity contribution in [3.05, 3.63) is 65.9 Å². The van der Waals surface area contributed by atoms with Crippen LogP contribution in [-0.4, -0.2) is 74.9 Å². The summed E-state index contributed by atoms with van der Waals surface area (Å²) in [7, 11) is 0. The van der Waals surface area contributed by atoms with Crippen molar-refractivity contribution in [3.8, 4) is 5.75 Å². The van der Waals surface area contributed by atoms with Crippen molar-refractivity contribution in [2.45, 2.75) is 56.3 Å². The lowest BCUT2D eigenvalue weighted by Crippen LogP contribution is -2.58. The van der Waals surface area contributed by atoms with E-state index in [1.165, 1.54) is 24.3 Å². The van der Waals surface area contributed by atoms with Gasteiger partial charge in [-0.3, -0.25) is 24.0 Å². The molecule has 4 atom stereocenters. The van der Waals surface area contributed by atoms with Crippen LogP contribution in [0.4, 0.5) is 0 Å². The maximum atomic E-state index is 13.6. The van der Waals surface area contributed by atoms with Gasteiger partial charge in [-0.2, -0.15) is 0 Å². The normalized spacial score (nSPS) is 13.7. The van der Waals surface area contributed by atoms with Crippen molar-refractivity contribution in [3.63, 3.8) is 0 Å². The fraction of sp³-hybridized carbons (Fsp3) is 0.310. The molecule has 1 aromatic heterocycles. The number of aliphatic carboxylic acids is 1. The minimum Gasteiger partial charge on any atom is -0.508 e. The van der Waals surface area contributed by atoms with Gasteiger partial charge in [0.2, 0.25) is 29.5 Å². The fourth-order valence-corrected chi connectivity index (χ4v) is 4.49. The first-order chi connectivity index (χ1) is 20.8. The number of H-pyrrole nitrogens is 1. The lowest BCUT2D eigenvalue weighted by Gasteiger charge is -2.25. The summed E-state index contributed by atoms with van der Waals surface area (Å²) in [6.45, 7) is 0. The summed E-state index contributed by atoms with van der Waals surface area (Å²) in [5.74, 6) is -5.56. The molecule has 0 saturated carbocycles. The van der Waals surface area contributed by atoms with Crippen LogP contribution in [0.3, 0.4) is 0 Å². The predicted octanol–water partition coefficient (Wildman–Crippen LogP) is -1.33. The Balaban J connectivity index is 1.87. The first-order valence-electron chi connectivity index (χ1n) is 13.6. The smallest absolute Gasteiger partial charge is 0.326 e. The van der Waals surface area contributed by atoms with Crippen LogP contribution in [0.15, 0.2) is 54.7 Å². The molecule has 0 fully saturated rings. The average Bonchev–Trinajstić information content (AvgIpc) is 3.37. The number of aromatic nitrogens is 1. The average molecular weight is 610 g/mol. The van der Waals surface area contributed by atoms with Gasteiger partial charge in [0.25, 0.3) is 0 Å². The van der Waals surface area contributed by atoms with Gasteiger partial charge in [-0.05, 0) is 35.7 Å². The maximum Gasteiger partial charge on any atom is 0.326 e. The predicted molar refractivity (Wildman–Crippen MR) is 157 cm³/mol. The molecule has 12 N–H and O–H groups in total. The number of carboxylic acid groups (broad SMARTS) is 1. The highest BCUT2D eigenvalue weighted by atomic mass is 16.4. The highest BCUT2D eigenvalue weighted by molar-refractivity contribution is 5.96. The summed E-state index contributed by atoms with van der Waals surface area (Å²) in [6, 6.07) is 7.50. The third-order valence-corrected chi connectivity index (χ3v) is 6.79. The number of amides is 5. The van der Waals surface area contributed by atoms with Crippen LogP contribution in [-0.2, 0) is 41.6 Å². The van der Waals surface area contributed by atoms with Gasteiger partial charge < -0.3 is 48.3 Å². The van der Waals surface area contributed by atoms with Crippen molar-refractivity contribution in [1.82, 2.24) is 20.9 Å². The van der Waals surface area contributed by atoms with Gasteiger partial charge in [-0.1, -0.05) is 30.3 Å². The van der Waals surface area contributed by atoms with Crippen molar-refractivity contribution in [2.24, 2.45) is 17.2 Å². The van der Waals surface area contributed by atoms with E-state index >= 15 is 0 Å². The first-order valence-corrected chi connectivity index (χ1v) is 13.6. The standard InChI is InChI=1S/C29H35N7O8/c30-19(13-25(32)39)26(40)34-21(9-10-24(31)38)27(41)35-22(12-16-14-33-20-4-2-1-3-18(16)20)28(42)36-23(29(43)44)11-15-5-7-17(37)8-6-15/h1-8,14,19,21-23,33,37H,9-13,30H2,(H2,31,38)(H2,32,39)(H,34,40)(H,35,41)(H,36,42)(H,43,44). The van der Waals surface area contributed by atoms with Crippen molar-refractivity contribution < 1.29 is 39.0 Å². The third-order valence-electron chi connectivity index (χ3n) is 6.79. The Labute approximate surface area is 251 Å². The maximum absolute atomic E-state index is 13.6. The zero-order valence-corrected chi connectivity index (χ0v) is 23.6. The molecule has 0 saturated heterocycles. The second kappa shape index (κ2) is 15.2. The second-order valence-corrected chi connectivity index (χ2v) is 10.2. The Bertz CT molecular complexity index is 1520. The number of fused-ring (bicyclic) bond motifs is 1. The minimum absolute atomic E-state index is 0.0141. The van der Waals surface area contributed by atoms with E-state index in [0.717, 1.165) is 10.9 Å². The number of aromatic amines is 1. The molecule has 0 aliphatic rings. The zero-order valence-electron chi connectivity index (χ0n) is 23.6. The molecule has 44 heavy (non-hydrogen) atoms. The highest BCUT2D eigenvalue weighted by Crippen LogP contribution is 2.20. The van der Waals surface area contributed by atoms with E-state index in [4.69, 9.17) is 17.2 Å². The molecule has 3 rings (SSSR count). The number of carboxylic acids is 1. The van der Waals surface area contributed by atoms with Gasteiger partial charge >= 0.3 is 5.97 Å². The molecule has 15 nitrogen and oxygen atoms in total. The number of nitrogens with one attached hydrogen (secondary N) is 4. The molecule has 15 heteroatoms. The van der Waals surface area contributed by atoms with E-state index in [-0.39, 0.29) is 31.4 Å². The summed E-state index contributed by atoms with van der Waals surface area (Å²) in [4.78, 5) is 77.4. The van der Waals surface area contributed by atoms with Crippen molar-refractivity contribution in [1.29, 1.82) is 0 Å². The van der Waals surface area contributed by atoms with Gasteiger partial charge in [-0.15, -0.1) is 0 Å². The van der Waals surface area contributed by atoms with Gasteiger partial charge in [0.15, 0.2) is 0 Å². The van der Waals surface area contributed by atoms with E-state index in [1.54, 1.807) is 18.3 Å². The van der Waals surface area contributed by atoms with E-state index in [0.29, 0.717) is 11.1 Å². The molecule has 0 bridgehead atoms. The Morgan fingerprint density at radius 3 is 2.02 bits per heavy atom. The molecular weight excluding hydrogens is 574 g/mol. The van der Waals surface area contributed by atoms with E-state index in [1.807, 2.05) is 12.1 Å². The van der Waals surface area contributed by atoms with E-state index < -0.39 is 66.1 Å². The number of carbonyl (C=O) groups is 6. The molecule has 1 heterocycles. The molecule has 5 amide bonds. The Hall–Kier alpha value is -5.44. The number of phenols is 1. The molecule has 0 spiro atoms. The number of phenolic OH excluding ortho intramolecular Hbond substituents is 1. The number of carbonyl (C=O) groups excluding carboxylic acids is 5. The van der Waals surface area contributed by atoms with E-state index in [9.17, 15) is 39.0 Å². The number of hydrogen-bond acceptors (Lipinski definition) is 8. The lowest BCUT2D eigenvalue weighted by molar-refractivity contribution is -0.142. The number of nitrogens with two attached hydrogens (primary N) is 3. The van der Waals surface area contributed by atoms with Crippen LogP contribution in [0.1, 0.15) is 30.4 Å². The van der Waals surface area contributed by atoms with Crippen LogP contribution in [0, 0.1) is 0 Å². The van der Waals surface area contributed by atoms with Gasteiger partial charge in [0.05, 0.1) is 12.5 Å². The molecule has 0 radical (unpaired) electrons. The van der Waals surface area contributed by atoms with E-state index in [2.05, 4.69) is 20.9 Å². The minimum atomic E-state index is -1.40. The highest BCUT2D eigenvalue weighted by Gasteiger charge is 2.31. The Morgan fingerprint density at radius 1 is 0.773 bits per heavy atom. The van der Waals surface area contributed by atoms with Crippen molar-refractivity contribution in [2.75, 3.05) is 0 Å². The van der Waals surface area contributed by atoms with Gasteiger partial charge in [0, 0.05) is 36.4 Å². The van der Waals surface area contributed by atoms with Gasteiger partial charge in [-0.25, -0.2) is 4.79 Å². The summed E-state index contributed by atoms with van der Waals surface area (Å²) in [5, 5.41) is 27.5. The second-order valence-electron chi connectivity index (χ2n) is 10.2. The summed E-state index contributed by atoms with van der Waals surface area (Å²) in [6.07, 6.45) is 0.387. The molecule has 234 valence electrons. The zero-order chi connectivity index (χ0) is 32.4. The largest absolute Gasteiger partial charge is 0.508 e. The number of primary amides is 2. The number of benzene rings is 2. The molecule has 3 aromatic rings. The lowest BCUT2D eigenvalue weighted by atomic mass is 10.0. The number of para-hydroxylation sites is 1. The Morgan fingerprint density at radius 2 is 1.39 bits per heavy atom. The Kier molecular flexibility index (Phi) is 11.4. The summed E-state index contributed by atoms with van der Waals surface area (Å²) in [5.41, 5.74) is 18.0. The molecule has 4 unspecified atom stereocenters. The topological polar surface area (TPSA) is 273 Å². The first kappa shape index (κ1) is 33.1. The van der Waals surface area contributed by atoms with Crippen LogP contribution < -0.4 is 33.2 Å². The van der Waals surface area contributed by atoms with Crippen LogP contribution in [0.25, 0.3) is 10.9 Å². The number of aromatic hydroxyl groups is 1. The van der Waals surface area contributed by atoms with Crippen LogP contribution in [0.5, 0.6) is 5.75 Å². The molecule has 0 aliphatic heterocycles. The van der Waals surface area contributed by atoms with Gasteiger partial charge in [0.1, 0.15) is 23.9 Å². The quantitative estimate of drug-likeness (QED) is 0.0929. The SMILES string of the molecule is NC(=O)CCC(NC(=O)C(N)CC(N)=O)C(=O)NC(Cc1c[nH]c2ccccc12)C(=O)NC(Cc1ccc(O)cc1)C(=O)O. The van der Waals surface area contributed by atoms with Crippen molar-refractivity contribution >= 4 is 46.4 Å².